The van der Waals surface area contributed by atoms with E-state index < -0.39 is 66.7 Å². The van der Waals surface area contributed by atoms with E-state index in [1.165, 1.54) is 0 Å². The van der Waals surface area contributed by atoms with Crippen molar-refractivity contribution in [3.8, 4) is 0 Å². The maximum atomic E-state index is 12.6. The van der Waals surface area contributed by atoms with Gasteiger partial charge in [-0.3, -0.25) is 24.0 Å². The molecule has 4 atom stereocenters. The Kier molecular flexibility index (Phi) is 16.1. The number of hydrogen-bond donors (Lipinski definition) is 8. The van der Waals surface area contributed by atoms with E-state index in [0.717, 1.165) is 0 Å². The van der Waals surface area contributed by atoms with Crippen molar-refractivity contribution in [2.24, 2.45) is 23.1 Å². The summed E-state index contributed by atoms with van der Waals surface area (Å²) in [4.78, 5) is 69.7. The highest BCUT2D eigenvalue weighted by molar-refractivity contribution is 5.92. The Bertz CT molecular complexity index is 766. The molecule has 11 N–H and O–H groups in total. The standard InChI is InChI=1S/C20H37N7O9/c1-3-11(2)16(27-20(34)26-12(17(22)31)8-14(21)29)19(33)24-4-5-35-6-7-36-10-15(30)25-13(9-28)18(23)32/h11-13,16,28H,3-10H2,1-2H3,(H2,21,29)(H2,22,31)(H2,23,32)(H,24,33)(H,25,30)(H2,26,27,34)/t11?,12-,13+,16+/m1/s1. The minimum Gasteiger partial charge on any atom is -0.394 e. The molecule has 0 bridgehead atoms. The van der Waals surface area contributed by atoms with Crippen molar-refractivity contribution in [1.82, 2.24) is 21.3 Å². The molecule has 0 aromatic carbocycles. The number of ether oxygens (including phenoxy) is 2. The molecule has 0 aromatic rings. The van der Waals surface area contributed by atoms with Gasteiger partial charge in [0.25, 0.3) is 0 Å². The number of carbonyl (C=O) groups is 6. The van der Waals surface area contributed by atoms with E-state index in [9.17, 15) is 28.8 Å². The van der Waals surface area contributed by atoms with Crippen LogP contribution in [0.1, 0.15) is 26.7 Å². The van der Waals surface area contributed by atoms with Gasteiger partial charge in [-0.15, -0.1) is 0 Å². The number of rotatable bonds is 19. The van der Waals surface area contributed by atoms with Crippen molar-refractivity contribution >= 4 is 35.6 Å². The summed E-state index contributed by atoms with van der Waals surface area (Å²) in [5, 5.41) is 18.4. The summed E-state index contributed by atoms with van der Waals surface area (Å²) < 4.78 is 10.4. The van der Waals surface area contributed by atoms with Crippen LogP contribution in [0.2, 0.25) is 0 Å². The van der Waals surface area contributed by atoms with Crippen molar-refractivity contribution in [3.63, 3.8) is 0 Å². The van der Waals surface area contributed by atoms with Crippen LogP contribution in [0, 0.1) is 5.92 Å². The molecule has 0 aromatic heterocycles. The molecule has 16 nitrogen and oxygen atoms in total. The molecule has 7 amide bonds. The zero-order valence-corrected chi connectivity index (χ0v) is 20.4. The summed E-state index contributed by atoms with van der Waals surface area (Å²) in [6, 6.07) is -4.31. The maximum Gasteiger partial charge on any atom is 0.316 e. The first-order chi connectivity index (χ1) is 16.9. The Hall–Kier alpha value is -3.50. The Labute approximate surface area is 208 Å². The lowest BCUT2D eigenvalue weighted by Crippen LogP contribution is -2.56. The number of hydrogen-bond acceptors (Lipinski definition) is 9. The van der Waals surface area contributed by atoms with Gasteiger partial charge in [-0.2, -0.15) is 0 Å². The van der Waals surface area contributed by atoms with Gasteiger partial charge in [0.1, 0.15) is 24.7 Å². The molecule has 0 aliphatic carbocycles. The van der Waals surface area contributed by atoms with Gasteiger partial charge in [0, 0.05) is 6.54 Å². The van der Waals surface area contributed by atoms with Crippen LogP contribution in [0.4, 0.5) is 4.79 Å². The Balaban J connectivity index is 4.37. The second kappa shape index (κ2) is 17.9. The lowest BCUT2D eigenvalue weighted by Gasteiger charge is -2.24. The maximum absolute atomic E-state index is 12.6. The van der Waals surface area contributed by atoms with Crippen molar-refractivity contribution in [3.05, 3.63) is 0 Å². The summed E-state index contributed by atoms with van der Waals surface area (Å²) in [5.74, 6) is -4.04. The van der Waals surface area contributed by atoms with Gasteiger partial charge in [-0.1, -0.05) is 20.3 Å². The highest BCUT2D eigenvalue weighted by Gasteiger charge is 2.28. The topological polar surface area (TPSA) is 267 Å². The number of urea groups is 1. The first-order valence-electron chi connectivity index (χ1n) is 11.2. The van der Waals surface area contributed by atoms with Crippen LogP contribution in [0.25, 0.3) is 0 Å². The average Bonchev–Trinajstić information content (AvgIpc) is 2.80. The van der Waals surface area contributed by atoms with E-state index in [1.807, 2.05) is 6.92 Å². The number of aliphatic hydroxyl groups excluding tert-OH is 1. The van der Waals surface area contributed by atoms with Crippen molar-refractivity contribution in [2.75, 3.05) is 39.6 Å². The number of primary amides is 3. The van der Waals surface area contributed by atoms with Crippen LogP contribution in [0.5, 0.6) is 0 Å². The van der Waals surface area contributed by atoms with Crippen LogP contribution < -0.4 is 38.5 Å². The van der Waals surface area contributed by atoms with Gasteiger partial charge < -0.3 is 53.0 Å². The number of aliphatic hydroxyl groups is 1. The first-order valence-corrected chi connectivity index (χ1v) is 11.2. The Morgan fingerprint density at radius 2 is 1.47 bits per heavy atom. The van der Waals surface area contributed by atoms with E-state index in [0.29, 0.717) is 6.42 Å². The highest BCUT2D eigenvalue weighted by Crippen LogP contribution is 2.08. The summed E-state index contributed by atoms with van der Waals surface area (Å²) in [6.07, 6.45) is 0.0734. The van der Waals surface area contributed by atoms with Gasteiger partial charge >= 0.3 is 6.03 Å². The van der Waals surface area contributed by atoms with Crippen LogP contribution in [-0.4, -0.2) is 98.4 Å². The molecule has 0 radical (unpaired) electrons. The molecule has 1 unspecified atom stereocenters. The molecular formula is C20H37N7O9. The quantitative estimate of drug-likeness (QED) is 0.0763. The van der Waals surface area contributed by atoms with E-state index in [2.05, 4.69) is 21.3 Å². The van der Waals surface area contributed by atoms with E-state index in [1.54, 1.807) is 6.92 Å². The fraction of sp³-hybridized carbons (Fsp3) is 0.700. The van der Waals surface area contributed by atoms with Gasteiger partial charge in [0.15, 0.2) is 0 Å². The Morgan fingerprint density at radius 3 is 2.00 bits per heavy atom. The van der Waals surface area contributed by atoms with Gasteiger partial charge in [0.2, 0.25) is 29.5 Å². The van der Waals surface area contributed by atoms with Crippen LogP contribution >= 0.6 is 0 Å². The molecule has 206 valence electrons. The Morgan fingerprint density at radius 1 is 0.861 bits per heavy atom. The molecular weight excluding hydrogens is 482 g/mol. The van der Waals surface area contributed by atoms with E-state index in [-0.39, 0.29) is 38.9 Å². The monoisotopic (exact) mass is 519 g/mol. The molecule has 0 heterocycles. The number of amides is 7. The molecule has 0 aliphatic rings. The lowest BCUT2D eigenvalue weighted by atomic mass is 9.98. The van der Waals surface area contributed by atoms with E-state index in [4.69, 9.17) is 31.8 Å². The summed E-state index contributed by atoms with van der Waals surface area (Å²) >= 11 is 0. The highest BCUT2D eigenvalue weighted by atomic mass is 16.5. The molecule has 0 rings (SSSR count). The van der Waals surface area contributed by atoms with Crippen LogP contribution in [0.15, 0.2) is 0 Å². The van der Waals surface area contributed by atoms with Gasteiger partial charge in [-0.25, -0.2) is 4.79 Å². The minimum absolute atomic E-state index is 0.0469. The molecule has 0 fully saturated rings. The fourth-order valence-corrected chi connectivity index (χ4v) is 2.65. The van der Waals surface area contributed by atoms with Gasteiger partial charge in [-0.05, 0) is 5.92 Å². The molecule has 36 heavy (non-hydrogen) atoms. The summed E-state index contributed by atoms with van der Waals surface area (Å²) in [5.41, 5.74) is 15.2. The van der Waals surface area contributed by atoms with Crippen molar-refractivity contribution < 1.29 is 43.3 Å². The lowest BCUT2D eigenvalue weighted by molar-refractivity contribution is -0.131. The SMILES string of the molecule is CCC(C)[C@H](NC(=O)N[C@H](CC(N)=O)C(N)=O)C(=O)NCCOCCOCC(=O)N[C@@H](CO)C(N)=O. The number of nitrogens with two attached hydrogens (primary N) is 3. The fourth-order valence-electron chi connectivity index (χ4n) is 2.65. The number of nitrogens with one attached hydrogen (secondary N) is 4. The normalized spacial score (nSPS) is 14.0. The smallest absolute Gasteiger partial charge is 0.316 e. The number of carbonyl (C=O) groups excluding carboxylic acids is 6. The third-order valence-corrected chi connectivity index (χ3v) is 4.85. The molecule has 0 saturated heterocycles. The second-order valence-electron chi connectivity index (χ2n) is 7.77. The third-order valence-electron chi connectivity index (χ3n) is 4.85. The predicted octanol–water partition coefficient (Wildman–Crippen LogP) is -4.46. The third kappa shape index (κ3) is 14.0. The molecule has 0 saturated carbocycles. The summed E-state index contributed by atoms with van der Waals surface area (Å²) in [6.45, 7) is 2.94. The largest absolute Gasteiger partial charge is 0.394 e. The molecule has 16 heteroatoms. The van der Waals surface area contributed by atoms with Crippen LogP contribution in [0.3, 0.4) is 0 Å². The van der Waals surface area contributed by atoms with Crippen molar-refractivity contribution in [2.45, 2.75) is 44.8 Å². The minimum atomic E-state index is -1.32. The zero-order chi connectivity index (χ0) is 27.7. The van der Waals surface area contributed by atoms with E-state index >= 15 is 0 Å². The van der Waals surface area contributed by atoms with Crippen LogP contribution in [-0.2, 0) is 33.4 Å². The van der Waals surface area contributed by atoms with Crippen molar-refractivity contribution in [1.29, 1.82) is 0 Å². The van der Waals surface area contributed by atoms with Gasteiger partial charge in [0.05, 0.1) is 32.8 Å². The molecule has 0 aliphatic heterocycles. The molecule has 0 spiro atoms. The second-order valence-corrected chi connectivity index (χ2v) is 7.77. The first kappa shape index (κ1) is 32.5. The zero-order valence-electron chi connectivity index (χ0n) is 20.4. The average molecular weight is 520 g/mol. The predicted molar refractivity (Wildman–Crippen MR) is 125 cm³/mol. The summed E-state index contributed by atoms with van der Waals surface area (Å²) in [7, 11) is 0.